The third-order valence-corrected chi connectivity index (χ3v) is 4.09. The number of amides is 1. The van der Waals surface area contributed by atoms with Crippen LogP contribution in [0.1, 0.15) is 44.2 Å². The van der Waals surface area contributed by atoms with Gasteiger partial charge in [0.05, 0.1) is 17.8 Å². The van der Waals surface area contributed by atoms with Gasteiger partial charge in [-0.25, -0.2) is 4.52 Å². The number of hydrogen-bond donors (Lipinski definition) is 1. The number of hydrogen-bond acceptors (Lipinski definition) is 2. The smallest absolute Gasteiger partial charge is 0.220 e. The molecule has 106 valence electrons. The van der Waals surface area contributed by atoms with Gasteiger partial charge in [-0.05, 0) is 37.0 Å². The lowest BCUT2D eigenvalue weighted by atomic mass is 9.87. The van der Waals surface area contributed by atoms with Gasteiger partial charge in [-0.3, -0.25) is 4.79 Å². The zero-order valence-corrected chi connectivity index (χ0v) is 11.7. The van der Waals surface area contributed by atoms with Crippen molar-refractivity contribution in [3.63, 3.8) is 0 Å². The maximum Gasteiger partial charge on any atom is 0.220 e. The summed E-state index contributed by atoms with van der Waals surface area (Å²) in [6, 6.07) is 7.97. The number of rotatable bonds is 4. The summed E-state index contributed by atoms with van der Waals surface area (Å²) in [6.07, 6.45) is 8.91. The predicted octanol–water partition coefficient (Wildman–Crippen LogP) is 2.92. The largest absolute Gasteiger partial charge is 0.350 e. The lowest BCUT2D eigenvalue weighted by Crippen LogP contribution is -2.26. The van der Waals surface area contributed by atoms with Gasteiger partial charge in [-0.2, -0.15) is 5.10 Å². The van der Waals surface area contributed by atoms with Gasteiger partial charge >= 0.3 is 0 Å². The third-order valence-electron chi connectivity index (χ3n) is 4.09. The Balaban J connectivity index is 1.51. The Hall–Kier alpha value is -1.84. The summed E-state index contributed by atoms with van der Waals surface area (Å²) in [7, 11) is 0. The van der Waals surface area contributed by atoms with Crippen LogP contribution in [0.3, 0.4) is 0 Å². The van der Waals surface area contributed by atoms with E-state index in [9.17, 15) is 4.79 Å². The highest BCUT2D eigenvalue weighted by molar-refractivity contribution is 5.76. The minimum atomic E-state index is 0.161. The molecule has 1 aliphatic rings. The monoisotopic (exact) mass is 271 g/mol. The predicted molar refractivity (Wildman–Crippen MR) is 78.2 cm³/mol. The Labute approximate surface area is 119 Å². The molecule has 0 saturated heterocycles. The second kappa shape index (κ2) is 6.07. The van der Waals surface area contributed by atoms with Crippen molar-refractivity contribution in [3.8, 4) is 0 Å². The first kappa shape index (κ1) is 13.2. The second-order valence-electron chi connectivity index (χ2n) is 5.69. The van der Waals surface area contributed by atoms with Gasteiger partial charge in [0.2, 0.25) is 5.91 Å². The highest BCUT2D eigenvalue weighted by Crippen LogP contribution is 2.26. The summed E-state index contributed by atoms with van der Waals surface area (Å²) < 4.78 is 1.84. The molecule has 1 amide bonds. The number of carbonyl (C=O) groups excluding carboxylic acids is 1. The number of aromatic nitrogens is 2. The van der Waals surface area contributed by atoms with Crippen LogP contribution in [-0.4, -0.2) is 15.5 Å². The van der Waals surface area contributed by atoms with Crippen molar-refractivity contribution in [1.29, 1.82) is 0 Å². The number of fused-ring (bicyclic) bond motifs is 1. The lowest BCUT2D eigenvalue weighted by molar-refractivity contribution is -0.122. The van der Waals surface area contributed by atoms with Crippen molar-refractivity contribution in [3.05, 3.63) is 36.2 Å². The van der Waals surface area contributed by atoms with Gasteiger partial charge in [-0.15, -0.1) is 0 Å². The molecule has 0 spiro atoms. The van der Waals surface area contributed by atoms with Gasteiger partial charge in [0.25, 0.3) is 0 Å². The Morgan fingerprint density at radius 1 is 1.30 bits per heavy atom. The lowest BCUT2D eigenvalue weighted by Gasteiger charge is -2.20. The first-order chi connectivity index (χ1) is 9.81. The molecule has 1 N–H and O–H groups in total. The Morgan fingerprint density at radius 3 is 2.95 bits per heavy atom. The van der Waals surface area contributed by atoms with Crippen molar-refractivity contribution >= 4 is 11.4 Å². The van der Waals surface area contributed by atoms with E-state index in [1.807, 2.05) is 35.0 Å². The molecule has 2 aromatic heterocycles. The molecule has 2 aromatic rings. The summed E-state index contributed by atoms with van der Waals surface area (Å²) in [6.45, 7) is 0.521. The minimum Gasteiger partial charge on any atom is -0.350 e. The van der Waals surface area contributed by atoms with E-state index < -0.39 is 0 Å². The summed E-state index contributed by atoms with van der Waals surface area (Å²) in [4.78, 5) is 12.0. The van der Waals surface area contributed by atoms with Gasteiger partial charge in [0.15, 0.2) is 0 Å². The maximum atomic E-state index is 12.0. The summed E-state index contributed by atoms with van der Waals surface area (Å²) in [5.74, 6) is 0.749. The molecule has 3 rings (SSSR count). The van der Waals surface area contributed by atoms with Crippen LogP contribution in [0.2, 0.25) is 0 Å². The Bertz CT molecular complexity index is 551. The molecular formula is C16H21N3O. The van der Waals surface area contributed by atoms with Crippen molar-refractivity contribution < 1.29 is 4.79 Å². The van der Waals surface area contributed by atoms with Crippen molar-refractivity contribution in [2.75, 3.05) is 0 Å². The number of nitrogens with zero attached hydrogens (tertiary/aromatic N) is 2. The van der Waals surface area contributed by atoms with E-state index in [1.165, 1.54) is 32.1 Å². The zero-order chi connectivity index (χ0) is 13.8. The molecule has 20 heavy (non-hydrogen) atoms. The molecule has 4 heteroatoms. The van der Waals surface area contributed by atoms with Crippen LogP contribution in [0.15, 0.2) is 30.5 Å². The van der Waals surface area contributed by atoms with Crippen molar-refractivity contribution in [1.82, 2.24) is 14.9 Å². The minimum absolute atomic E-state index is 0.161. The molecule has 0 atom stereocenters. The van der Waals surface area contributed by atoms with Crippen LogP contribution in [0.4, 0.5) is 0 Å². The quantitative estimate of drug-likeness (QED) is 0.929. The van der Waals surface area contributed by atoms with E-state index in [0.29, 0.717) is 18.9 Å². The van der Waals surface area contributed by atoms with Gasteiger partial charge in [-0.1, -0.05) is 25.3 Å². The summed E-state index contributed by atoms with van der Waals surface area (Å²) >= 11 is 0. The molecular weight excluding hydrogens is 250 g/mol. The van der Waals surface area contributed by atoms with Crippen molar-refractivity contribution in [2.45, 2.75) is 45.1 Å². The summed E-state index contributed by atoms with van der Waals surface area (Å²) in [5, 5.41) is 7.43. The normalized spacial score (nSPS) is 16.4. The Kier molecular flexibility index (Phi) is 4.00. The Morgan fingerprint density at radius 2 is 2.15 bits per heavy atom. The van der Waals surface area contributed by atoms with Crippen LogP contribution in [-0.2, 0) is 11.3 Å². The first-order valence-electron chi connectivity index (χ1n) is 7.51. The van der Waals surface area contributed by atoms with Crippen LogP contribution in [0.25, 0.3) is 5.52 Å². The molecule has 0 aliphatic heterocycles. The second-order valence-corrected chi connectivity index (χ2v) is 5.69. The van der Waals surface area contributed by atoms with E-state index >= 15 is 0 Å². The van der Waals surface area contributed by atoms with E-state index in [0.717, 1.165) is 11.2 Å². The summed E-state index contributed by atoms with van der Waals surface area (Å²) in [5.41, 5.74) is 1.97. The third kappa shape index (κ3) is 3.18. The molecule has 1 saturated carbocycles. The van der Waals surface area contributed by atoms with Crippen LogP contribution >= 0.6 is 0 Å². The zero-order valence-electron chi connectivity index (χ0n) is 11.7. The molecule has 0 unspecified atom stereocenters. The topological polar surface area (TPSA) is 46.4 Å². The molecule has 0 aromatic carbocycles. The highest BCUT2D eigenvalue weighted by Gasteiger charge is 2.16. The van der Waals surface area contributed by atoms with E-state index in [1.54, 1.807) is 0 Å². The van der Waals surface area contributed by atoms with Gasteiger partial charge < -0.3 is 5.32 Å². The standard InChI is InChI=1S/C16H21N3O/c20-16(10-13-6-2-1-3-7-13)17-12-14-11-15-8-4-5-9-19(15)18-14/h4-5,8-9,11,13H,1-3,6-7,10,12H2,(H,17,20). The van der Waals surface area contributed by atoms with E-state index in [4.69, 9.17) is 0 Å². The van der Waals surface area contributed by atoms with E-state index in [-0.39, 0.29) is 5.91 Å². The molecule has 4 nitrogen and oxygen atoms in total. The number of pyridine rings is 1. The fourth-order valence-electron chi connectivity index (χ4n) is 2.99. The van der Waals surface area contributed by atoms with Gasteiger partial charge in [0.1, 0.15) is 0 Å². The molecule has 1 fully saturated rings. The first-order valence-corrected chi connectivity index (χ1v) is 7.51. The highest BCUT2D eigenvalue weighted by atomic mass is 16.1. The van der Waals surface area contributed by atoms with Crippen LogP contribution in [0.5, 0.6) is 0 Å². The van der Waals surface area contributed by atoms with Crippen LogP contribution < -0.4 is 5.32 Å². The molecule has 2 heterocycles. The maximum absolute atomic E-state index is 12.0. The molecule has 0 radical (unpaired) electrons. The fraction of sp³-hybridized carbons (Fsp3) is 0.500. The average molecular weight is 271 g/mol. The van der Waals surface area contributed by atoms with Crippen molar-refractivity contribution in [2.24, 2.45) is 5.92 Å². The number of nitrogens with one attached hydrogen (secondary N) is 1. The van der Waals surface area contributed by atoms with Gasteiger partial charge in [0, 0.05) is 12.6 Å². The average Bonchev–Trinajstić information content (AvgIpc) is 2.89. The fourth-order valence-corrected chi connectivity index (χ4v) is 2.99. The molecule has 1 aliphatic carbocycles. The van der Waals surface area contributed by atoms with E-state index in [2.05, 4.69) is 10.4 Å². The number of carbonyl (C=O) groups is 1. The SMILES string of the molecule is O=C(CC1CCCCC1)NCc1cc2ccccn2n1. The molecule has 0 bridgehead atoms. The van der Waals surface area contributed by atoms with Crippen LogP contribution in [0, 0.1) is 5.92 Å².